The number of fused-ring (bicyclic) bond motifs is 1. The van der Waals surface area contributed by atoms with Gasteiger partial charge >= 0.3 is 0 Å². The highest BCUT2D eigenvalue weighted by Crippen LogP contribution is 2.30. The Morgan fingerprint density at radius 2 is 2.00 bits per heavy atom. The fourth-order valence-corrected chi connectivity index (χ4v) is 2.93. The first-order valence-corrected chi connectivity index (χ1v) is 7.08. The van der Waals surface area contributed by atoms with Crippen molar-refractivity contribution >= 4 is 39.7 Å². The van der Waals surface area contributed by atoms with Crippen molar-refractivity contribution in [2.45, 2.75) is 6.92 Å². The van der Waals surface area contributed by atoms with Crippen LogP contribution in [0, 0.1) is 6.92 Å². The maximum absolute atomic E-state index is 6.03. The van der Waals surface area contributed by atoms with Gasteiger partial charge in [0.05, 0.1) is 10.4 Å². The van der Waals surface area contributed by atoms with Gasteiger partial charge in [0.1, 0.15) is 5.82 Å². The number of hydrogen-bond donors (Lipinski definition) is 1. The van der Waals surface area contributed by atoms with E-state index in [0.717, 1.165) is 27.4 Å². The zero-order chi connectivity index (χ0) is 13.4. The fourth-order valence-electron chi connectivity index (χ4n) is 1.96. The fraction of sp³-hybridized carbons (Fsp3) is 0.143. The Morgan fingerprint density at radius 1 is 1.16 bits per heavy atom. The largest absolute Gasteiger partial charge is 0.373 e. The molecule has 0 aliphatic carbocycles. The number of anilines is 1. The molecule has 0 fully saturated rings. The molecule has 2 aromatic heterocycles. The highest BCUT2D eigenvalue weighted by molar-refractivity contribution is 7.15. The number of nitrogens with one attached hydrogen (secondary N) is 1. The summed E-state index contributed by atoms with van der Waals surface area (Å²) in [5.74, 6) is 1.55. The van der Waals surface area contributed by atoms with E-state index in [1.165, 1.54) is 4.88 Å². The Balaban J connectivity index is 2.25. The predicted octanol–water partition coefficient (Wildman–Crippen LogP) is 4.36. The van der Waals surface area contributed by atoms with E-state index in [-0.39, 0.29) is 0 Å². The van der Waals surface area contributed by atoms with E-state index in [1.807, 2.05) is 25.2 Å². The SMILES string of the molecule is CNc1nc(-c2ccc(C)s2)nc2ccc(Cl)cc12. The minimum atomic E-state index is 0.687. The van der Waals surface area contributed by atoms with Crippen LogP contribution in [0.5, 0.6) is 0 Å². The lowest BCUT2D eigenvalue weighted by atomic mass is 10.2. The van der Waals surface area contributed by atoms with E-state index < -0.39 is 0 Å². The number of nitrogens with zero attached hydrogens (tertiary/aromatic N) is 2. The molecule has 0 spiro atoms. The third-order valence-corrected chi connectivity index (χ3v) is 4.09. The summed E-state index contributed by atoms with van der Waals surface area (Å²) in [5, 5.41) is 4.73. The Kier molecular flexibility index (Phi) is 3.12. The number of aromatic nitrogens is 2. The van der Waals surface area contributed by atoms with Crippen LogP contribution in [0.1, 0.15) is 4.88 Å². The molecule has 0 aliphatic rings. The van der Waals surface area contributed by atoms with Gasteiger partial charge in [-0.25, -0.2) is 9.97 Å². The maximum Gasteiger partial charge on any atom is 0.172 e. The summed E-state index contributed by atoms with van der Waals surface area (Å²) in [6.07, 6.45) is 0. The predicted molar refractivity (Wildman–Crippen MR) is 82.1 cm³/mol. The van der Waals surface area contributed by atoms with Crippen molar-refractivity contribution in [3.8, 4) is 10.7 Å². The molecule has 3 nitrogen and oxygen atoms in total. The van der Waals surface area contributed by atoms with E-state index >= 15 is 0 Å². The molecule has 0 saturated heterocycles. The Morgan fingerprint density at radius 3 is 2.68 bits per heavy atom. The maximum atomic E-state index is 6.03. The molecule has 19 heavy (non-hydrogen) atoms. The quantitative estimate of drug-likeness (QED) is 0.761. The van der Waals surface area contributed by atoms with Crippen LogP contribution in [0.15, 0.2) is 30.3 Å². The minimum absolute atomic E-state index is 0.687. The summed E-state index contributed by atoms with van der Waals surface area (Å²) < 4.78 is 0. The molecule has 1 aromatic carbocycles. The van der Waals surface area contributed by atoms with Crippen molar-refractivity contribution < 1.29 is 0 Å². The second-order valence-corrected chi connectivity index (χ2v) is 5.94. The number of aryl methyl sites for hydroxylation is 1. The Labute approximate surface area is 120 Å². The van der Waals surface area contributed by atoms with Crippen LogP contribution in [-0.2, 0) is 0 Å². The summed E-state index contributed by atoms with van der Waals surface area (Å²) in [5.41, 5.74) is 0.893. The Bertz CT molecular complexity index is 752. The molecule has 0 unspecified atom stereocenters. The molecular weight excluding hydrogens is 278 g/mol. The van der Waals surface area contributed by atoms with Gasteiger partial charge < -0.3 is 5.32 Å². The molecule has 0 radical (unpaired) electrons. The number of halogens is 1. The van der Waals surface area contributed by atoms with Gasteiger partial charge in [0.15, 0.2) is 5.82 Å². The first kappa shape index (κ1) is 12.4. The van der Waals surface area contributed by atoms with E-state index in [4.69, 9.17) is 11.6 Å². The van der Waals surface area contributed by atoms with E-state index in [2.05, 4.69) is 34.3 Å². The summed E-state index contributed by atoms with van der Waals surface area (Å²) >= 11 is 7.72. The van der Waals surface area contributed by atoms with Gasteiger partial charge in [-0.05, 0) is 37.3 Å². The second-order valence-electron chi connectivity index (χ2n) is 4.22. The van der Waals surface area contributed by atoms with Gasteiger partial charge in [-0.1, -0.05) is 11.6 Å². The third kappa shape index (κ3) is 2.29. The molecule has 1 N–H and O–H groups in total. The zero-order valence-electron chi connectivity index (χ0n) is 10.6. The van der Waals surface area contributed by atoms with Gasteiger partial charge in [0, 0.05) is 22.3 Å². The van der Waals surface area contributed by atoms with E-state index in [9.17, 15) is 0 Å². The molecule has 0 atom stereocenters. The normalized spacial score (nSPS) is 10.9. The minimum Gasteiger partial charge on any atom is -0.373 e. The van der Waals surface area contributed by atoms with Gasteiger partial charge in [-0.2, -0.15) is 0 Å². The average Bonchev–Trinajstić information content (AvgIpc) is 2.84. The zero-order valence-corrected chi connectivity index (χ0v) is 12.1. The van der Waals surface area contributed by atoms with E-state index in [0.29, 0.717) is 5.02 Å². The van der Waals surface area contributed by atoms with Gasteiger partial charge in [-0.15, -0.1) is 11.3 Å². The highest BCUT2D eigenvalue weighted by Gasteiger charge is 2.10. The van der Waals surface area contributed by atoms with Crippen molar-refractivity contribution in [2.75, 3.05) is 12.4 Å². The monoisotopic (exact) mass is 289 g/mol. The van der Waals surface area contributed by atoms with Crippen molar-refractivity contribution in [1.82, 2.24) is 9.97 Å². The number of rotatable bonds is 2. The molecule has 0 bridgehead atoms. The third-order valence-electron chi connectivity index (χ3n) is 2.86. The van der Waals surface area contributed by atoms with Crippen LogP contribution in [0.25, 0.3) is 21.6 Å². The van der Waals surface area contributed by atoms with Crippen molar-refractivity contribution in [2.24, 2.45) is 0 Å². The molecule has 2 heterocycles. The lowest BCUT2D eigenvalue weighted by molar-refractivity contribution is 1.22. The molecule has 96 valence electrons. The van der Waals surface area contributed by atoms with Gasteiger partial charge in [0.25, 0.3) is 0 Å². The second kappa shape index (κ2) is 4.79. The molecule has 0 amide bonds. The van der Waals surface area contributed by atoms with Crippen molar-refractivity contribution in [3.05, 3.63) is 40.2 Å². The van der Waals surface area contributed by atoms with Crippen LogP contribution < -0.4 is 5.32 Å². The van der Waals surface area contributed by atoms with Crippen LogP contribution >= 0.6 is 22.9 Å². The molecule has 5 heteroatoms. The van der Waals surface area contributed by atoms with Crippen LogP contribution in [-0.4, -0.2) is 17.0 Å². The number of thiophene rings is 1. The van der Waals surface area contributed by atoms with Gasteiger partial charge in [0.2, 0.25) is 0 Å². The smallest absolute Gasteiger partial charge is 0.172 e. The average molecular weight is 290 g/mol. The summed E-state index contributed by atoms with van der Waals surface area (Å²) in [4.78, 5) is 11.5. The molecular formula is C14H12ClN3S. The van der Waals surface area contributed by atoms with Crippen molar-refractivity contribution in [1.29, 1.82) is 0 Å². The standard InChI is InChI=1S/C14H12ClN3S/c1-8-3-6-12(19-8)14-17-11-5-4-9(15)7-10(11)13(16-2)18-14/h3-7H,1-2H3,(H,16,17,18). The Hall–Kier alpha value is -1.65. The van der Waals surface area contributed by atoms with E-state index in [1.54, 1.807) is 11.3 Å². The summed E-state index contributed by atoms with van der Waals surface area (Å²) in [6.45, 7) is 2.08. The van der Waals surface area contributed by atoms with Crippen LogP contribution in [0.4, 0.5) is 5.82 Å². The van der Waals surface area contributed by atoms with Crippen molar-refractivity contribution in [3.63, 3.8) is 0 Å². The van der Waals surface area contributed by atoms with Gasteiger partial charge in [-0.3, -0.25) is 0 Å². The van der Waals surface area contributed by atoms with Crippen LogP contribution in [0.2, 0.25) is 5.02 Å². The molecule has 0 saturated carbocycles. The molecule has 0 aliphatic heterocycles. The summed E-state index contributed by atoms with van der Waals surface area (Å²) in [6, 6.07) is 9.78. The molecule has 3 aromatic rings. The topological polar surface area (TPSA) is 37.8 Å². The lowest BCUT2D eigenvalue weighted by Crippen LogP contribution is -1.98. The first-order chi connectivity index (χ1) is 9.17. The number of benzene rings is 1. The van der Waals surface area contributed by atoms with Crippen LogP contribution in [0.3, 0.4) is 0 Å². The summed E-state index contributed by atoms with van der Waals surface area (Å²) in [7, 11) is 1.85. The number of hydrogen-bond acceptors (Lipinski definition) is 4. The molecule has 3 rings (SSSR count). The highest BCUT2D eigenvalue weighted by atomic mass is 35.5. The lowest BCUT2D eigenvalue weighted by Gasteiger charge is -2.07. The first-order valence-electron chi connectivity index (χ1n) is 5.89.